The van der Waals surface area contributed by atoms with E-state index in [2.05, 4.69) is 20.7 Å². The van der Waals surface area contributed by atoms with Gasteiger partial charge in [0.25, 0.3) is 10.0 Å². The molecule has 0 bridgehead atoms. The van der Waals surface area contributed by atoms with Crippen molar-refractivity contribution in [1.29, 1.82) is 0 Å². The fourth-order valence-electron chi connectivity index (χ4n) is 1.87. The van der Waals surface area contributed by atoms with Gasteiger partial charge in [-0.25, -0.2) is 12.8 Å². The third-order valence-corrected chi connectivity index (χ3v) is 4.94. The van der Waals surface area contributed by atoms with Crippen LogP contribution >= 0.6 is 15.9 Å². The smallest absolute Gasteiger partial charge is 0.262 e. The van der Waals surface area contributed by atoms with Gasteiger partial charge in [0, 0.05) is 0 Å². The molecule has 0 aromatic heterocycles. The Morgan fingerprint density at radius 1 is 1.10 bits per heavy atom. The van der Waals surface area contributed by atoms with Gasteiger partial charge in [0.2, 0.25) is 0 Å². The third-order valence-electron chi connectivity index (χ3n) is 2.79. The molecule has 0 heterocycles. The summed E-state index contributed by atoms with van der Waals surface area (Å²) in [6.07, 6.45) is 0. The van der Waals surface area contributed by atoms with Crippen LogP contribution < -0.4 is 4.72 Å². The number of rotatable bonds is 3. The second-order valence-electron chi connectivity index (χ2n) is 4.50. The Hall–Kier alpha value is -1.40. The van der Waals surface area contributed by atoms with Crippen LogP contribution in [0.5, 0.6) is 0 Å². The Kier molecular flexibility index (Phi) is 4.15. The number of nitrogens with one attached hydrogen (secondary N) is 1. The van der Waals surface area contributed by atoms with E-state index in [4.69, 9.17) is 0 Å². The molecule has 0 fully saturated rings. The van der Waals surface area contributed by atoms with Gasteiger partial charge in [-0.05, 0) is 59.6 Å². The first-order valence-corrected chi connectivity index (χ1v) is 8.12. The highest BCUT2D eigenvalue weighted by Gasteiger charge is 2.17. The van der Waals surface area contributed by atoms with E-state index in [1.807, 2.05) is 6.92 Å². The zero-order valence-corrected chi connectivity index (χ0v) is 13.3. The van der Waals surface area contributed by atoms with Crippen molar-refractivity contribution in [3.63, 3.8) is 0 Å². The summed E-state index contributed by atoms with van der Waals surface area (Å²) < 4.78 is 40.4. The summed E-state index contributed by atoms with van der Waals surface area (Å²) in [5, 5.41) is 0. The van der Waals surface area contributed by atoms with Gasteiger partial charge in [-0.3, -0.25) is 4.72 Å². The minimum Gasteiger partial charge on any atom is -0.280 e. The minimum atomic E-state index is -3.68. The molecule has 2 rings (SSSR count). The van der Waals surface area contributed by atoms with E-state index < -0.39 is 15.8 Å². The number of anilines is 1. The van der Waals surface area contributed by atoms with Crippen molar-refractivity contribution in [2.24, 2.45) is 0 Å². The van der Waals surface area contributed by atoms with Crippen molar-refractivity contribution in [3.05, 3.63) is 57.8 Å². The van der Waals surface area contributed by atoms with Crippen molar-refractivity contribution in [2.75, 3.05) is 4.72 Å². The Labute approximate surface area is 126 Å². The van der Waals surface area contributed by atoms with Gasteiger partial charge in [-0.15, -0.1) is 0 Å². The number of benzene rings is 2. The summed E-state index contributed by atoms with van der Waals surface area (Å²) in [7, 11) is -3.68. The normalized spacial score (nSPS) is 11.4. The number of aryl methyl sites for hydroxylation is 2. The van der Waals surface area contributed by atoms with E-state index in [9.17, 15) is 12.8 Å². The third kappa shape index (κ3) is 3.19. The molecule has 0 saturated heterocycles. The Morgan fingerprint density at radius 3 is 2.40 bits per heavy atom. The quantitative estimate of drug-likeness (QED) is 0.901. The molecule has 106 valence electrons. The zero-order chi connectivity index (χ0) is 14.9. The first-order valence-electron chi connectivity index (χ1n) is 5.85. The molecule has 1 N–H and O–H groups in total. The lowest BCUT2D eigenvalue weighted by atomic mass is 10.2. The summed E-state index contributed by atoms with van der Waals surface area (Å²) in [6, 6.07) is 9.06. The van der Waals surface area contributed by atoms with Crippen LogP contribution in [0.4, 0.5) is 10.1 Å². The van der Waals surface area contributed by atoms with Gasteiger partial charge in [-0.2, -0.15) is 0 Å². The molecule has 0 amide bonds. The molecular formula is C14H13BrFNO2S. The second-order valence-corrected chi connectivity index (χ2v) is 7.01. The van der Waals surface area contributed by atoms with Gasteiger partial charge in [-0.1, -0.05) is 17.7 Å². The molecule has 0 unspecified atom stereocenters. The Bertz CT molecular complexity index is 760. The van der Waals surface area contributed by atoms with Crippen LogP contribution in [0.1, 0.15) is 11.1 Å². The van der Waals surface area contributed by atoms with Crippen molar-refractivity contribution >= 4 is 31.6 Å². The highest BCUT2D eigenvalue weighted by molar-refractivity contribution is 9.10. The molecule has 0 saturated carbocycles. The maximum atomic E-state index is 13.1. The summed E-state index contributed by atoms with van der Waals surface area (Å²) in [4.78, 5) is 0.212. The van der Waals surface area contributed by atoms with Gasteiger partial charge in [0.05, 0.1) is 15.1 Å². The van der Waals surface area contributed by atoms with Gasteiger partial charge in [0.1, 0.15) is 5.82 Å². The molecule has 2 aromatic carbocycles. The first-order chi connectivity index (χ1) is 9.29. The summed E-state index contributed by atoms with van der Waals surface area (Å²) in [5.41, 5.74) is 1.96. The van der Waals surface area contributed by atoms with Crippen LogP contribution in [0, 0.1) is 19.7 Å². The highest BCUT2D eigenvalue weighted by atomic mass is 79.9. The van der Waals surface area contributed by atoms with Gasteiger partial charge in [0.15, 0.2) is 0 Å². The van der Waals surface area contributed by atoms with Crippen LogP contribution in [0.25, 0.3) is 0 Å². The number of sulfonamides is 1. The monoisotopic (exact) mass is 357 g/mol. The molecule has 0 aliphatic carbocycles. The molecule has 2 aromatic rings. The fraction of sp³-hybridized carbons (Fsp3) is 0.143. The summed E-state index contributed by atoms with van der Waals surface area (Å²) in [6.45, 7) is 3.63. The molecule has 0 spiro atoms. The van der Waals surface area contributed by atoms with Crippen molar-refractivity contribution in [3.8, 4) is 0 Å². The lowest BCUT2D eigenvalue weighted by Crippen LogP contribution is -2.14. The Balaban J connectivity index is 2.38. The van der Waals surface area contributed by atoms with Crippen LogP contribution in [0.2, 0.25) is 0 Å². The predicted molar refractivity (Wildman–Crippen MR) is 80.8 cm³/mol. The second kappa shape index (κ2) is 5.54. The van der Waals surface area contributed by atoms with E-state index in [1.165, 1.54) is 18.2 Å². The van der Waals surface area contributed by atoms with Gasteiger partial charge >= 0.3 is 0 Å². The van der Waals surface area contributed by atoms with Crippen molar-refractivity contribution in [2.45, 2.75) is 18.7 Å². The van der Waals surface area contributed by atoms with E-state index in [0.29, 0.717) is 11.3 Å². The number of hydrogen-bond donors (Lipinski definition) is 1. The van der Waals surface area contributed by atoms with Crippen LogP contribution in [0.3, 0.4) is 0 Å². The highest BCUT2D eigenvalue weighted by Crippen LogP contribution is 2.24. The number of hydrogen-bond acceptors (Lipinski definition) is 2. The number of halogens is 2. The van der Waals surface area contributed by atoms with E-state index in [0.717, 1.165) is 5.56 Å². The summed E-state index contributed by atoms with van der Waals surface area (Å²) in [5.74, 6) is -0.445. The maximum Gasteiger partial charge on any atom is 0.262 e. The molecule has 20 heavy (non-hydrogen) atoms. The molecular weight excluding hydrogens is 345 g/mol. The standard InChI is InChI=1S/C14H13BrFNO2S/c1-9-3-6-14(10(2)7-9)20(18,19)17-11-4-5-13(16)12(15)8-11/h3-8,17H,1-2H3. The van der Waals surface area contributed by atoms with Crippen molar-refractivity contribution < 1.29 is 12.8 Å². The van der Waals surface area contributed by atoms with Crippen LogP contribution in [-0.4, -0.2) is 8.42 Å². The minimum absolute atomic E-state index is 0.207. The lowest BCUT2D eigenvalue weighted by molar-refractivity contribution is 0.600. The van der Waals surface area contributed by atoms with Crippen LogP contribution in [0.15, 0.2) is 45.8 Å². The fourth-order valence-corrected chi connectivity index (χ4v) is 3.53. The molecule has 0 aliphatic heterocycles. The largest absolute Gasteiger partial charge is 0.280 e. The van der Waals surface area contributed by atoms with E-state index in [-0.39, 0.29) is 9.37 Å². The molecule has 0 radical (unpaired) electrons. The predicted octanol–water partition coefficient (Wildman–Crippen LogP) is 4.01. The van der Waals surface area contributed by atoms with E-state index in [1.54, 1.807) is 25.1 Å². The molecule has 6 heteroatoms. The lowest BCUT2D eigenvalue weighted by Gasteiger charge is -2.11. The average Bonchev–Trinajstić information content (AvgIpc) is 2.33. The topological polar surface area (TPSA) is 46.2 Å². The first kappa shape index (κ1) is 15.0. The molecule has 0 aliphatic rings. The summed E-state index contributed by atoms with van der Waals surface area (Å²) >= 11 is 3.02. The van der Waals surface area contributed by atoms with Crippen molar-refractivity contribution in [1.82, 2.24) is 0 Å². The van der Waals surface area contributed by atoms with E-state index >= 15 is 0 Å². The molecule has 0 atom stereocenters. The SMILES string of the molecule is Cc1ccc(S(=O)(=O)Nc2ccc(F)c(Br)c2)c(C)c1. The zero-order valence-electron chi connectivity index (χ0n) is 10.9. The Morgan fingerprint density at radius 2 is 1.80 bits per heavy atom. The van der Waals surface area contributed by atoms with Gasteiger partial charge < -0.3 is 0 Å². The molecule has 3 nitrogen and oxygen atoms in total. The maximum absolute atomic E-state index is 13.1. The average molecular weight is 358 g/mol. The van der Waals surface area contributed by atoms with Crippen LogP contribution in [-0.2, 0) is 10.0 Å².